The van der Waals surface area contributed by atoms with Crippen molar-refractivity contribution in [3.05, 3.63) is 88.6 Å². The molecular weight excluding hydrogens is 523 g/mol. The largest absolute Gasteiger partial charge is 0.475 e. The Morgan fingerprint density at radius 2 is 1.85 bits per heavy atom. The van der Waals surface area contributed by atoms with Crippen LogP contribution in [0.25, 0.3) is 0 Å². The number of Topliss-reactive ketones (excluding diaryl/α,β-unsaturated/α-hetero) is 1. The maximum Gasteiger partial charge on any atom is 0.381 e. The normalized spacial score (nSPS) is 15.0. The quantitative estimate of drug-likeness (QED) is 0.276. The minimum atomic E-state index is -3.86. The van der Waals surface area contributed by atoms with Crippen LogP contribution in [0.15, 0.2) is 54.7 Å². The molecule has 2 aromatic carbocycles. The first-order chi connectivity index (χ1) is 18.8. The molecule has 1 N–H and O–H groups in total. The van der Waals surface area contributed by atoms with Crippen LogP contribution in [-0.2, 0) is 33.0 Å². The molecule has 202 valence electrons. The van der Waals surface area contributed by atoms with Crippen molar-refractivity contribution >= 4 is 24.8 Å². The molecule has 1 aliphatic rings. The van der Waals surface area contributed by atoms with Crippen LogP contribution in [0.3, 0.4) is 0 Å². The highest BCUT2D eigenvalue weighted by atomic mass is 31.2. The number of hydrogen-bond donors (Lipinski definition) is 1. The fourth-order valence-electron chi connectivity index (χ4n) is 4.71. The van der Waals surface area contributed by atoms with E-state index in [4.69, 9.17) is 9.05 Å². The molecule has 0 saturated carbocycles. The minimum Gasteiger partial charge on any atom is -0.475 e. The van der Waals surface area contributed by atoms with Gasteiger partial charge in [0.05, 0.1) is 19.8 Å². The number of ketones is 1. The van der Waals surface area contributed by atoms with Crippen LogP contribution in [0, 0.1) is 0 Å². The Kier molecular flexibility index (Phi) is 7.51. The van der Waals surface area contributed by atoms with Gasteiger partial charge in [-0.05, 0) is 35.8 Å². The number of carbonyl (C=O) groups excluding carboxylic acids is 1. The maximum absolute atomic E-state index is 13.5. The fraction of sp³-hybridized carbons (Fsp3) is 0.308. The van der Waals surface area contributed by atoms with Gasteiger partial charge in [0.15, 0.2) is 17.0 Å². The molecule has 1 unspecified atom stereocenters. The van der Waals surface area contributed by atoms with Gasteiger partial charge in [0.1, 0.15) is 6.04 Å². The monoisotopic (exact) mass is 550 g/mol. The van der Waals surface area contributed by atoms with Crippen LogP contribution in [0.1, 0.15) is 63.4 Å². The molecule has 5 rings (SSSR count). The van der Waals surface area contributed by atoms with Crippen molar-refractivity contribution in [2.24, 2.45) is 0 Å². The summed E-state index contributed by atoms with van der Waals surface area (Å²) >= 11 is 0. The number of tetrazole rings is 1. The number of carboxylic acids is 1. The summed E-state index contributed by atoms with van der Waals surface area (Å²) < 4.78 is 25.2. The number of hydrogen-bond acceptors (Lipinski definition) is 9. The maximum atomic E-state index is 13.5. The molecule has 0 bridgehead atoms. The van der Waals surface area contributed by atoms with Crippen molar-refractivity contribution in [3.63, 3.8) is 0 Å². The molecule has 1 atom stereocenters. The summed E-state index contributed by atoms with van der Waals surface area (Å²) in [5, 5.41) is 22.6. The van der Waals surface area contributed by atoms with Gasteiger partial charge in [-0.15, -0.1) is 10.2 Å². The first-order valence-corrected chi connectivity index (χ1v) is 14.0. The third kappa shape index (κ3) is 5.31. The zero-order valence-corrected chi connectivity index (χ0v) is 22.3. The SMILES string of the molecule is CCOP(=O)(OCC)c1cn(C2Cc3c(Cc4nnn(Cc5ccccc5)n4)cccc3C2=O)c(C(=O)O)n1. The van der Waals surface area contributed by atoms with E-state index in [1.54, 1.807) is 26.0 Å². The van der Waals surface area contributed by atoms with Crippen molar-refractivity contribution in [3.8, 4) is 0 Å². The molecule has 0 spiro atoms. The molecule has 4 aromatic rings. The van der Waals surface area contributed by atoms with Crippen LogP contribution >= 0.6 is 7.60 Å². The van der Waals surface area contributed by atoms with Crippen molar-refractivity contribution in [2.45, 2.75) is 39.3 Å². The van der Waals surface area contributed by atoms with Gasteiger partial charge in [-0.3, -0.25) is 9.36 Å². The molecule has 0 radical (unpaired) electrons. The Balaban J connectivity index is 1.42. The smallest absolute Gasteiger partial charge is 0.381 e. The molecule has 12 nitrogen and oxygen atoms in total. The average molecular weight is 551 g/mol. The van der Waals surface area contributed by atoms with Crippen LogP contribution in [0.4, 0.5) is 0 Å². The van der Waals surface area contributed by atoms with Gasteiger partial charge in [-0.2, -0.15) is 4.80 Å². The summed E-state index contributed by atoms with van der Waals surface area (Å²) in [4.78, 5) is 31.1. The molecule has 0 amide bonds. The summed E-state index contributed by atoms with van der Waals surface area (Å²) in [6.45, 7) is 3.93. The number of imidazole rings is 1. The molecule has 1 aliphatic carbocycles. The lowest BCUT2D eigenvalue weighted by molar-refractivity contribution is 0.0675. The van der Waals surface area contributed by atoms with E-state index in [9.17, 15) is 19.3 Å². The number of fused-ring (bicyclic) bond motifs is 1. The van der Waals surface area contributed by atoms with Gasteiger partial charge < -0.3 is 18.7 Å². The van der Waals surface area contributed by atoms with Gasteiger partial charge in [-0.25, -0.2) is 9.78 Å². The molecule has 2 heterocycles. The Labute approximate surface area is 224 Å². The minimum absolute atomic E-state index is 0.0771. The Bertz CT molecular complexity index is 1560. The standard InChI is InChI=1S/C26H27N6O6P/c1-3-37-39(36,38-4-2)23-16-31(25(27-23)26(34)35)21-14-20-18(11-8-12-19(20)24(21)33)13-22-28-30-32(29-22)15-17-9-6-5-7-10-17/h5-12,16,21H,3-4,13-15H2,1-2H3,(H,34,35). The van der Waals surface area contributed by atoms with Crippen molar-refractivity contribution in [1.82, 2.24) is 29.8 Å². The second-order valence-electron chi connectivity index (χ2n) is 8.89. The lowest BCUT2D eigenvalue weighted by Crippen LogP contribution is -2.20. The number of nitrogens with zero attached hydrogens (tertiary/aromatic N) is 6. The number of aromatic carboxylic acids is 1. The summed E-state index contributed by atoms with van der Waals surface area (Å²) in [5.41, 5.74) is 3.00. The molecule has 0 saturated heterocycles. The summed E-state index contributed by atoms with van der Waals surface area (Å²) in [6, 6.07) is 14.3. The van der Waals surface area contributed by atoms with E-state index >= 15 is 0 Å². The second-order valence-corrected chi connectivity index (χ2v) is 10.9. The fourth-order valence-corrected chi connectivity index (χ4v) is 6.21. The zero-order valence-electron chi connectivity index (χ0n) is 21.4. The van der Waals surface area contributed by atoms with Gasteiger partial charge in [-0.1, -0.05) is 48.5 Å². The third-order valence-electron chi connectivity index (χ3n) is 6.37. The summed E-state index contributed by atoms with van der Waals surface area (Å²) in [5.74, 6) is -1.53. The molecule has 2 aromatic heterocycles. The second kappa shape index (κ2) is 11.0. The highest BCUT2D eigenvalue weighted by Gasteiger charge is 2.39. The van der Waals surface area contributed by atoms with E-state index in [0.717, 1.165) is 16.7 Å². The molecule has 0 aliphatic heterocycles. The highest BCUT2D eigenvalue weighted by Crippen LogP contribution is 2.47. The lowest BCUT2D eigenvalue weighted by Gasteiger charge is -2.14. The number of carbonyl (C=O) groups is 2. The third-order valence-corrected chi connectivity index (χ3v) is 8.35. The number of aromatic nitrogens is 6. The first kappa shape index (κ1) is 26.6. The van der Waals surface area contributed by atoms with Crippen LogP contribution < -0.4 is 5.44 Å². The average Bonchev–Trinajstić information content (AvgIpc) is 3.63. The van der Waals surface area contributed by atoms with E-state index < -0.39 is 25.4 Å². The van der Waals surface area contributed by atoms with Gasteiger partial charge in [0.2, 0.25) is 5.82 Å². The Morgan fingerprint density at radius 1 is 1.10 bits per heavy atom. The topological polar surface area (TPSA) is 151 Å². The molecule has 13 heteroatoms. The van der Waals surface area contributed by atoms with Gasteiger partial charge in [0.25, 0.3) is 0 Å². The molecule has 39 heavy (non-hydrogen) atoms. The predicted molar refractivity (Wildman–Crippen MR) is 139 cm³/mol. The van der Waals surface area contributed by atoms with E-state index in [2.05, 4.69) is 20.4 Å². The van der Waals surface area contributed by atoms with E-state index in [1.165, 1.54) is 15.6 Å². The van der Waals surface area contributed by atoms with Crippen molar-refractivity contribution in [1.29, 1.82) is 0 Å². The molecular formula is C26H27N6O6P. The Hall–Kier alpha value is -3.99. The summed E-state index contributed by atoms with van der Waals surface area (Å²) in [6.07, 6.45) is 1.87. The Morgan fingerprint density at radius 3 is 2.54 bits per heavy atom. The van der Waals surface area contributed by atoms with E-state index in [-0.39, 0.29) is 30.9 Å². The highest BCUT2D eigenvalue weighted by molar-refractivity contribution is 7.61. The van der Waals surface area contributed by atoms with E-state index in [0.29, 0.717) is 24.4 Å². The number of carboxylic acid groups (broad SMARTS) is 1. The first-order valence-electron chi connectivity index (χ1n) is 12.5. The van der Waals surface area contributed by atoms with Gasteiger partial charge >= 0.3 is 13.6 Å². The predicted octanol–water partition coefficient (Wildman–Crippen LogP) is 3.08. The lowest BCUT2D eigenvalue weighted by atomic mass is 10.0. The van der Waals surface area contributed by atoms with Crippen LogP contribution in [0.5, 0.6) is 0 Å². The summed E-state index contributed by atoms with van der Waals surface area (Å²) in [7, 11) is -3.86. The van der Waals surface area contributed by atoms with E-state index in [1.807, 2.05) is 36.4 Å². The number of benzene rings is 2. The van der Waals surface area contributed by atoms with Crippen LogP contribution in [0.2, 0.25) is 0 Å². The van der Waals surface area contributed by atoms with Crippen molar-refractivity contribution in [2.75, 3.05) is 13.2 Å². The number of rotatable bonds is 11. The van der Waals surface area contributed by atoms with Gasteiger partial charge in [0, 0.05) is 24.6 Å². The van der Waals surface area contributed by atoms with Crippen molar-refractivity contribution < 1.29 is 28.3 Å². The molecule has 0 fully saturated rings. The zero-order chi connectivity index (χ0) is 27.6. The van der Waals surface area contributed by atoms with Crippen LogP contribution in [-0.4, -0.2) is 59.8 Å².